The summed E-state index contributed by atoms with van der Waals surface area (Å²) in [7, 11) is 0. The maximum absolute atomic E-state index is 13.0. The Morgan fingerprint density at radius 3 is 2.56 bits per heavy atom. The Morgan fingerprint density at radius 2 is 1.93 bits per heavy atom. The van der Waals surface area contributed by atoms with Crippen LogP contribution in [0, 0.1) is 18.2 Å². The molecule has 0 saturated carbocycles. The Hall–Kier alpha value is -2.96. The van der Waals surface area contributed by atoms with Crippen molar-refractivity contribution >= 4 is 17.0 Å². The molecule has 0 bridgehead atoms. The van der Waals surface area contributed by atoms with Gasteiger partial charge in [0.1, 0.15) is 16.9 Å². The number of aromatic nitrogens is 3. The number of hydrogen-bond donors (Lipinski definition) is 1. The van der Waals surface area contributed by atoms with E-state index in [1.165, 1.54) is 23.0 Å². The fourth-order valence-electron chi connectivity index (χ4n) is 2.64. The molecule has 1 aromatic carbocycles. The van der Waals surface area contributed by atoms with Crippen molar-refractivity contribution in [2.45, 2.75) is 40.7 Å². The third kappa shape index (κ3) is 3.92. The number of esters is 1. The fraction of sp³-hybridized carbons (Fsp3) is 0.350. The van der Waals surface area contributed by atoms with Crippen LogP contribution in [0.25, 0.3) is 11.0 Å². The minimum Gasteiger partial charge on any atom is -0.423 e. The molecule has 3 aromatic rings. The van der Waals surface area contributed by atoms with E-state index in [-0.39, 0.29) is 22.5 Å². The summed E-state index contributed by atoms with van der Waals surface area (Å²) in [5.74, 6) is -0.502. The number of benzene rings is 1. The molecule has 0 aliphatic carbocycles. The third-order valence-electron chi connectivity index (χ3n) is 4.27. The van der Waals surface area contributed by atoms with E-state index in [4.69, 9.17) is 4.74 Å². The van der Waals surface area contributed by atoms with Gasteiger partial charge in [0, 0.05) is 6.54 Å². The summed E-state index contributed by atoms with van der Waals surface area (Å²) < 4.78 is 20.0. The number of aryl methyl sites for hydroxylation is 3. The van der Waals surface area contributed by atoms with Crippen molar-refractivity contribution in [3.63, 3.8) is 0 Å². The van der Waals surface area contributed by atoms with Crippen molar-refractivity contribution < 1.29 is 13.9 Å². The van der Waals surface area contributed by atoms with Gasteiger partial charge >= 0.3 is 5.97 Å². The quantitative estimate of drug-likeness (QED) is 0.714. The molecule has 142 valence electrons. The van der Waals surface area contributed by atoms with Gasteiger partial charge in [-0.05, 0) is 51.8 Å². The largest absolute Gasteiger partial charge is 0.423 e. The highest BCUT2D eigenvalue weighted by Gasteiger charge is 2.27. The first kappa shape index (κ1) is 18.8. The number of carbonyl (C=O) groups excluding carboxylic acids is 1. The first-order valence-electron chi connectivity index (χ1n) is 8.71. The van der Waals surface area contributed by atoms with Crippen LogP contribution >= 0.6 is 0 Å². The highest BCUT2D eigenvalue weighted by molar-refractivity contribution is 5.88. The second-order valence-corrected chi connectivity index (χ2v) is 7.56. The predicted octanol–water partition coefficient (Wildman–Crippen LogP) is 3.37. The summed E-state index contributed by atoms with van der Waals surface area (Å²) in [5.41, 5.74) is 0.881. The number of ether oxygens (including phenoxy) is 1. The lowest BCUT2D eigenvalue weighted by atomic mass is 9.97. The fourth-order valence-corrected chi connectivity index (χ4v) is 2.64. The summed E-state index contributed by atoms with van der Waals surface area (Å²) in [4.78, 5) is 32.5. The summed E-state index contributed by atoms with van der Waals surface area (Å²) in [6.07, 6.45) is 2.01. The van der Waals surface area contributed by atoms with Gasteiger partial charge in [0.2, 0.25) is 0 Å². The summed E-state index contributed by atoms with van der Waals surface area (Å²) >= 11 is 0. The summed E-state index contributed by atoms with van der Waals surface area (Å²) in [6, 6.07) is 6.14. The lowest BCUT2D eigenvalue weighted by Gasteiger charge is -2.16. The van der Waals surface area contributed by atoms with E-state index in [1.807, 2.05) is 0 Å². The van der Waals surface area contributed by atoms with Crippen LogP contribution in [0.3, 0.4) is 0 Å². The van der Waals surface area contributed by atoms with Crippen LogP contribution in [0.15, 0.2) is 35.4 Å². The topological polar surface area (TPSA) is 77.0 Å². The maximum Gasteiger partial charge on any atom is 0.316 e. The number of nitrogens with zero attached hydrogens (tertiary/aromatic N) is 2. The lowest BCUT2D eigenvalue weighted by molar-refractivity contribution is -0.142. The monoisotopic (exact) mass is 371 g/mol. The van der Waals surface area contributed by atoms with Crippen molar-refractivity contribution in [1.29, 1.82) is 0 Å². The number of halogens is 1. The van der Waals surface area contributed by atoms with Gasteiger partial charge in [0.15, 0.2) is 5.75 Å². The Balaban J connectivity index is 1.93. The van der Waals surface area contributed by atoms with Crippen molar-refractivity contribution in [1.82, 2.24) is 14.5 Å². The molecule has 0 spiro atoms. The Bertz CT molecular complexity index is 1040. The van der Waals surface area contributed by atoms with Crippen LogP contribution in [0.5, 0.6) is 5.75 Å². The molecular formula is C20H22FN3O3. The third-order valence-corrected chi connectivity index (χ3v) is 4.27. The van der Waals surface area contributed by atoms with Crippen molar-refractivity contribution in [3.8, 4) is 5.75 Å². The van der Waals surface area contributed by atoms with Crippen LogP contribution in [0.2, 0.25) is 0 Å². The zero-order valence-corrected chi connectivity index (χ0v) is 15.8. The molecule has 0 aliphatic rings. The highest BCUT2D eigenvalue weighted by atomic mass is 19.1. The van der Waals surface area contributed by atoms with E-state index in [2.05, 4.69) is 9.97 Å². The average Bonchev–Trinajstić information content (AvgIpc) is 2.91. The van der Waals surface area contributed by atoms with Crippen LogP contribution < -0.4 is 10.3 Å². The van der Waals surface area contributed by atoms with Gasteiger partial charge < -0.3 is 9.72 Å². The molecule has 0 radical (unpaired) electrons. The Kier molecular flexibility index (Phi) is 4.87. The van der Waals surface area contributed by atoms with E-state index in [0.717, 1.165) is 5.56 Å². The number of carbonyl (C=O) groups is 1. The first-order valence-corrected chi connectivity index (χ1v) is 8.71. The van der Waals surface area contributed by atoms with E-state index in [9.17, 15) is 14.0 Å². The lowest BCUT2D eigenvalue weighted by Crippen LogP contribution is -2.27. The molecule has 1 N–H and O–H groups in total. The minimum absolute atomic E-state index is 0.221. The van der Waals surface area contributed by atoms with Gasteiger partial charge in [-0.15, -0.1) is 0 Å². The number of rotatable bonds is 4. The molecule has 3 rings (SSSR count). The first-order chi connectivity index (χ1) is 12.7. The molecule has 27 heavy (non-hydrogen) atoms. The normalized spacial score (nSPS) is 11.7. The van der Waals surface area contributed by atoms with E-state index in [0.29, 0.717) is 24.3 Å². The number of H-pyrrole nitrogens is 1. The SMILES string of the molecule is Cc1[nH]c2ncn(CCc3ccc(F)cc3)c(=O)c2c1OC(=O)C(C)(C)C. The predicted molar refractivity (Wildman–Crippen MR) is 100 cm³/mol. The zero-order chi connectivity index (χ0) is 19.8. The minimum atomic E-state index is -0.695. The van der Waals surface area contributed by atoms with Crippen LogP contribution in [0.4, 0.5) is 4.39 Å². The molecule has 0 amide bonds. The molecule has 2 heterocycles. The molecular weight excluding hydrogens is 349 g/mol. The molecule has 2 aromatic heterocycles. The molecule has 7 heteroatoms. The van der Waals surface area contributed by atoms with Gasteiger partial charge in [-0.25, -0.2) is 9.37 Å². The molecule has 0 saturated heterocycles. The van der Waals surface area contributed by atoms with E-state index in [1.54, 1.807) is 39.8 Å². The Labute approximate surface area is 156 Å². The number of fused-ring (bicyclic) bond motifs is 1. The molecule has 6 nitrogen and oxygen atoms in total. The molecule has 0 atom stereocenters. The summed E-state index contributed by atoms with van der Waals surface area (Å²) in [6.45, 7) is 7.36. The zero-order valence-electron chi connectivity index (χ0n) is 15.8. The standard InChI is InChI=1S/C20H22FN3O3/c1-12-16(27-19(26)20(2,3)4)15-17(23-12)22-11-24(18(15)25)10-9-13-5-7-14(21)8-6-13/h5-8,11,23H,9-10H2,1-4H3. The van der Waals surface area contributed by atoms with Crippen LogP contribution in [-0.4, -0.2) is 20.5 Å². The van der Waals surface area contributed by atoms with E-state index >= 15 is 0 Å². The second-order valence-electron chi connectivity index (χ2n) is 7.56. The molecule has 0 unspecified atom stereocenters. The van der Waals surface area contributed by atoms with Gasteiger partial charge in [-0.1, -0.05) is 12.1 Å². The van der Waals surface area contributed by atoms with Gasteiger partial charge in [0.05, 0.1) is 17.4 Å². The average molecular weight is 371 g/mol. The van der Waals surface area contributed by atoms with Gasteiger partial charge in [0.25, 0.3) is 5.56 Å². The highest BCUT2D eigenvalue weighted by Crippen LogP contribution is 2.28. The number of aromatic amines is 1. The van der Waals surface area contributed by atoms with Crippen LogP contribution in [-0.2, 0) is 17.8 Å². The van der Waals surface area contributed by atoms with Gasteiger partial charge in [-0.3, -0.25) is 14.2 Å². The maximum atomic E-state index is 13.0. The van der Waals surface area contributed by atoms with Crippen molar-refractivity contribution in [2.75, 3.05) is 0 Å². The number of nitrogens with one attached hydrogen (secondary N) is 1. The van der Waals surface area contributed by atoms with Crippen molar-refractivity contribution in [2.24, 2.45) is 5.41 Å². The van der Waals surface area contributed by atoms with E-state index < -0.39 is 11.4 Å². The van der Waals surface area contributed by atoms with Gasteiger partial charge in [-0.2, -0.15) is 0 Å². The van der Waals surface area contributed by atoms with Crippen LogP contribution in [0.1, 0.15) is 32.0 Å². The second kappa shape index (κ2) is 6.98. The molecule has 0 fully saturated rings. The smallest absolute Gasteiger partial charge is 0.316 e. The molecule has 0 aliphatic heterocycles. The summed E-state index contributed by atoms with van der Waals surface area (Å²) in [5, 5.41) is 0.256. The number of hydrogen-bond acceptors (Lipinski definition) is 4. The van der Waals surface area contributed by atoms with Crippen molar-refractivity contribution in [3.05, 3.63) is 58.0 Å². The Morgan fingerprint density at radius 1 is 1.26 bits per heavy atom.